The number of anilines is 1. The molecule has 0 aliphatic carbocycles. The Morgan fingerprint density at radius 1 is 1.04 bits per heavy atom. The van der Waals surface area contributed by atoms with E-state index in [4.69, 9.17) is 0 Å². The van der Waals surface area contributed by atoms with Gasteiger partial charge in [0, 0.05) is 11.3 Å². The maximum atomic E-state index is 12.3. The van der Waals surface area contributed by atoms with Crippen LogP contribution in [0.4, 0.5) is 5.69 Å². The molecule has 4 aromatic rings. The molecule has 0 fully saturated rings. The van der Waals surface area contributed by atoms with Gasteiger partial charge in [-0.05, 0) is 52.9 Å². The van der Waals surface area contributed by atoms with Crippen LogP contribution in [0.15, 0.2) is 53.6 Å². The maximum absolute atomic E-state index is 12.3. The van der Waals surface area contributed by atoms with E-state index in [0.717, 1.165) is 5.69 Å². The molecule has 9 nitrogen and oxygen atoms in total. The molecule has 4 rings (SSSR count). The van der Waals surface area contributed by atoms with Gasteiger partial charge in [0.15, 0.2) is 0 Å². The van der Waals surface area contributed by atoms with Crippen molar-refractivity contribution >= 4 is 22.6 Å². The van der Waals surface area contributed by atoms with E-state index in [9.17, 15) is 9.59 Å². The van der Waals surface area contributed by atoms with Crippen LogP contribution in [-0.2, 0) is 0 Å². The Hall–Kier alpha value is -3.75. The molecule has 0 spiro atoms. The Morgan fingerprint density at radius 2 is 1.83 bits per heavy atom. The van der Waals surface area contributed by atoms with Gasteiger partial charge in [-0.3, -0.25) is 4.79 Å². The third kappa shape index (κ3) is 2.54. The summed E-state index contributed by atoms with van der Waals surface area (Å²) in [5.41, 5.74) is 2.87. The lowest BCUT2D eigenvalue weighted by molar-refractivity contribution is 0.102. The molecule has 2 heterocycles. The average Bonchev–Trinajstić information content (AvgIpc) is 3.23. The van der Waals surface area contributed by atoms with Crippen molar-refractivity contribution in [1.29, 1.82) is 0 Å². The van der Waals surface area contributed by atoms with E-state index in [1.54, 1.807) is 42.5 Å². The van der Waals surface area contributed by atoms with Crippen molar-refractivity contribution in [1.82, 2.24) is 30.2 Å². The second-order valence-corrected chi connectivity index (χ2v) is 5.09. The topological polar surface area (TPSA) is 121 Å². The van der Waals surface area contributed by atoms with Crippen molar-refractivity contribution in [2.45, 2.75) is 0 Å². The van der Waals surface area contributed by atoms with E-state index in [0.29, 0.717) is 22.3 Å². The summed E-state index contributed by atoms with van der Waals surface area (Å²) in [6, 6.07) is 12.0. The fraction of sp³-hybridized carbons (Fsp3) is 0. The zero-order valence-electron chi connectivity index (χ0n) is 12.2. The fourth-order valence-electron chi connectivity index (χ4n) is 2.36. The summed E-state index contributed by atoms with van der Waals surface area (Å²) in [6.07, 6.45) is 1.47. The molecule has 118 valence electrons. The number of imidazole rings is 1. The van der Waals surface area contributed by atoms with Gasteiger partial charge in [-0.2, -0.15) is 0 Å². The average molecular weight is 321 g/mol. The fourth-order valence-corrected chi connectivity index (χ4v) is 2.36. The van der Waals surface area contributed by atoms with Gasteiger partial charge in [-0.15, -0.1) is 5.10 Å². The van der Waals surface area contributed by atoms with Gasteiger partial charge < -0.3 is 15.3 Å². The van der Waals surface area contributed by atoms with Crippen LogP contribution in [-0.4, -0.2) is 36.1 Å². The Labute approximate surface area is 134 Å². The molecule has 0 aliphatic rings. The molecule has 0 radical (unpaired) electrons. The normalized spacial score (nSPS) is 10.8. The molecule has 0 saturated carbocycles. The lowest BCUT2D eigenvalue weighted by Gasteiger charge is -2.06. The third-order valence-electron chi connectivity index (χ3n) is 3.52. The van der Waals surface area contributed by atoms with Crippen molar-refractivity contribution in [3.05, 3.63) is 64.8 Å². The SMILES string of the molecule is O=C(Nc1ccc2[nH]c(=O)[nH]c2c1)c1ccc(-n2cnnn2)cc1. The summed E-state index contributed by atoms with van der Waals surface area (Å²) in [7, 11) is 0. The number of hydrogen-bond donors (Lipinski definition) is 3. The minimum atomic E-state index is -0.285. The monoisotopic (exact) mass is 321 g/mol. The number of aromatic amines is 2. The van der Waals surface area contributed by atoms with Crippen molar-refractivity contribution < 1.29 is 4.79 Å². The molecule has 0 bridgehead atoms. The van der Waals surface area contributed by atoms with Crippen LogP contribution < -0.4 is 11.0 Å². The quantitative estimate of drug-likeness (QED) is 0.521. The van der Waals surface area contributed by atoms with E-state index < -0.39 is 0 Å². The number of nitrogens with one attached hydrogen (secondary N) is 3. The first-order valence-corrected chi connectivity index (χ1v) is 7.06. The highest BCUT2D eigenvalue weighted by atomic mass is 16.2. The van der Waals surface area contributed by atoms with Gasteiger partial charge in [0.1, 0.15) is 6.33 Å². The molecule has 0 saturated heterocycles. The predicted octanol–water partition coefficient (Wildman–Crippen LogP) is 1.08. The van der Waals surface area contributed by atoms with Crippen LogP contribution in [0.5, 0.6) is 0 Å². The van der Waals surface area contributed by atoms with Crippen LogP contribution in [0, 0.1) is 0 Å². The smallest absolute Gasteiger partial charge is 0.322 e. The van der Waals surface area contributed by atoms with Crippen molar-refractivity contribution in [3.63, 3.8) is 0 Å². The highest BCUT2D eigenvalue weighted by Crippen LogP contribution is 2.16. The first-order chi connectivity index (χ1) is 11.7. The van der Waals surface area contributed by atoms with E-state index in [1.165, 1.54) is 11.0 Å². The van der Waals surface area contributed by atoms with Crippen LogP contribution in [0.1, 0.15) is 10.4 Å². The van der Waals surface area contributed by atoms with Crippen LogP contribution in [0.3, 0.4) is 0 Å². The van der Waals surface area contributed by atoms with Gasteiger partial charge in [-0.25, -0.2) is 9.48 Å². The number of amides is 1. The lowest BCUT2D eigenvalue weighted by atomic mass is 10.2. The number of H-pyrrole nitrogens is 2. The van der Waals surface area contributed by atoms with Crippen molar-refractivity contribution in [2.75, 3.05) is 5.32 Å². The zero-order valence-corrected chi connectivity index (χ0v) is 12.2. The van der Waals surface area contributed by atoms with E-state index >= 15 is 0 Å². The molecule has 2 aromatic heterocycles. The van der Waals surface area contributed by atoms with E-state index in [1.807, 2.05) is 0 Å². The molecular weight excluding hydrogens is 310 g/mol. The number of benzene rings is 2. The summed E-state index contributed by atoms with van der Waals surface area (Å²) in [5, 5.41) is 13.7. The molecule has 3 N–H and O–H groups in total. The van der Waals surface area contributed by atoms with Gasteiger partial charge >= 0.3 is 5.69 Å². The summed E-state index contributed by atoms with van der Waals surface area (Å²) in [6.45, 7) is 0. The molecule has 0 atom stereocenters. The standard InChI is InChI=1S/C15H11N7O2/c23-14(9-1-4-11(5-2-9)22-8-16-20-21-22)17-10-3-6-12-13(7-10)19-15(24)18-12/h1-8H,(H,17,23)(H2,18,19,24). The Balaban J connectivity index is 1.55. The number of fused-ring (bicyclic) bond motifs is 1. The van der Waals surface area contributed by atoms with Crippen LogP contribution in [0.2, 0.25) is 0 Å². The number of tetrazole rings is 1. The largest absolute Gasteiger partial charge is 0.323 e. The number of hydrogen-bond acceptors (Lipinski definition) is 5. The van der Waals surface area contributed by atoms with E-state index in [2.05, 4.69) is 30.8 Å². The minimum Gasteiger partial charge on any atom is -0.322 e. The zero-order chi connectivity index (χ0) is 16.5. The molecule has 1 amide bonds. The van der Waals surface area contributed by atoms with Crippen LogP contribution in [0.25, 0.3) is 16.7 Å². The Bertz CT molecular complexity index is 1060. The lowest BCUT2D eigenvalue weighted by Crippen LogP contribution is -2.12. The minimum absolute atomic E-state index is 0.254. The van der Waals surface area contributed by atoms with Crippen molar-refractivity contribution in [3.8, 4) is 5.69 Å². The van der Waals surface area contributed by atoms with Gasteiger partial charge in [0.05, 0.1) is 16.7 Å². The van der Waals surface area contributed by atoms with Crippen molar-refractivity contribution in [2.24, 2.45) is 0 Å². The number of carbonyl (C=O) groups is 1. The molecule has 0 aliphatic heterocycles. The number of rotatable bonds is 3. The predicted molar refractivity (Wildman–Crippen MR) is 86.0 cm³/mol. The maximum Gasteiger partial charge on any atom is 0.323 e. The summed E-state index contributed by atoms with van der Waals surface area (Å²) < 4.78 is 1.50. The third-order valence-corrected chi connectivity index (χ3v) is 3.52. The van der Waals surface area contributed by atoms with Gasteiger partial charge in [0.2, 0.25) is 0 Å². The first-order valence-electron chi connectivity index (χ1n) is 7.06. The van der Waals surface area contributed by atoms with Gasteiger partial charge in [-0.1, -0.05) is 0 Å². The Kier molecular flexibility index (Phi) is 3.16. The highest BCUT2D eigenvalue weighted by molar-refractivity contribution is 6.05. The number of nitrogens with zero attached hydrogens (tertiary/aromatic N) is 4. The molecule has 2 aromatic carbocycles. The summed E-state index contributed by atoms with van der Waals surface area (Å²) in [5.74, 6) is -0.254. The first kappa shape index (κ1) is 13.9. The molecule has 24 heavy (non-hydrogen) atoms. The summed E-state index contributed by atoms with van der Waals surface area (Å²) >= 11 is 0. The Morgan fingerprint density at radius 3 is 2.58 bits per heavy atom. The molecular formula is C15H11N7O2. The number of carbonyl (C=O) groups excluding carboxylic acids is 1. The molecule has 0 unspecified atom stereocenters. The summed E-state index contributed by atoms with van der Waals surface area (Å²) in [4.78, 5) is 28.9. The molecule has 9 heteroatoms. The second-order valence-electron chi connectivity index (χ2n) is 5.09. The van der Waals surface area contributed by atoms with Gasteiger partial charge in [0.25, 0.3) is 5.91 Å². The second kappa shape index (κ2) is 5.47. The van der Waals surface area contributed by atoms with Crippen LogP contribution >= 0.6 is 0 Å². The highest BCUT2D eigenvalue weighted by Gasteiger charge is 2.08. The van der Waals surface area contributed by atoms with E-state index in [-0.39, 0.29) is 11.6 Å². The number of aromatic nitrogens is 6.